The number of benzene rings is 1. The Bertz CT molecular complexity index is 566. The molecule has 2 N–H and O–H groups in total. The Kier molecular flexibility index (Phi) is 4.30. The Balaban J connectivity index is 3.35. The zero-order valence-electron chi connectivity index (χ0n) is 9.81. The molecule has 100 valence electrons. The van der Waals surface area contributed by atoms with Gasteiger partial charge < -0.3 is 10.2 Å². The van der Waals surface area contributed by atoms with Gasteiger partial charge in [0.05, 0.1) is 4.92 Å². The predicted molar refractivity (Wildman–Crippen MR) is 64.6 cm³/mol. The minimum atomic E-state index is -1.53. The van der Waals surface area contributed by atoms with Gasteiger partial charge in [0.1, 0.15) is 17.3 Å². The van der Waals surface area contributed by atoms with Crippen LogP contribution in [0, 0.1) is 16.0 Å². The highest BCUT2D eigenvalue weighted by molar-refractivity contribution is 6.40. The molecule has 8 heteroatoms. The first-order valence-electron chi connectivity index (χ1n) is 5.12. The van der Waals surface area contributed by atoms with Crippen LogP contribution in [-0.2, 0) is 9.59 Å². The molecule has 0 aliphatic heterocycles. The number of carboxylic acids is 2. The maximum atomic E-state index is 11.0. The Hall–Kier alpha value is -2.77. The van der Waals surface area contributed by atoms with Gasteiger partial charge >= 0.3 is 11.9 Å². The number of para-hydroxylation sites is 2. The molecule has 0 aliphatic rings. The van der Waals surface area contributed by atoms with E-state index in [1.54, 1.807) is 0 Å². The van der Waals surface area contributed by atoms with Crippen LogP contribution in [0.25, 0.3) is 0 Å². The summed E-state index contributed by atoms with van der Waals surface area (Å²) in [5.74, 6) is -4.29. The lowest BCUT2D eigenvalue weighted by molar-refractivity contribution is -0.384. The van der Waals surface area contributed by atoms with Gasteiger partial charge in [0.15, 0.2) is 0 Å². The van der Waals surface area contributed by atoms with Gasteiger partial charge in [0.2, 0.25) is 0 Å². The zero-order valence-corrected chi connectivity index (χ0v) is 9.81. The number of aliphatic imine (C=N–C) groups is 1. The number of rotatable bonds is 5. The van der Waals surface area contributed by atoms with E-state index in [4.69, 9.17) is 10.2 Å². The summed E-state index contributed by atoms with van der Waals surface area (Å²) in [6.45, 7) is 1.14. The molecule has 0 saturated heterocycles. The molecule has 0 radical (unpaired) electrons. The van der Waals surface area contributed by atoms with Gasteiger partial charge in [-0.25, -0.2) is 9.79 Å². The fourth-order valence-corrected chi connectivity index (χ4v) is 1.29. The number of nitrogens with zero attached hydrogens (tertiary/aromatic N) is 2. The van der Waals surface area contributed by atoms with Crippen LogP contribution in [0.4, 0.5) is 11.4 Å². The molecular weight excluding hydrogens is 256 g/mol. The van der Waals surface area contributed by atoms with Crippen molar-refractivity contribution >= 4 is 29.0 Å². The van der Waals surface area contributed by atoms with Crippen molar-refractivity contribution < 1.29 is 24.7 Å². The lowest BCUT2D eigenvalue weighted by Gasteiger charge is -2.06. The Morgan fingerprint density at radius 3 is 2.37 bits per heavy atom. The van der Waals surface area contributed by atoms with E-state index in [1.807, 2.05) is 0 Å². The topological polar surface area (TPSA) is 130 Å². The van der Waals surface area contributed by atoms with Crippen LogP contribution in [0.3, 0.4) is 0 Å². The third kappa shape index (κ3) is 3.35. The van der Waals surface area contributed by atoms with Crippen LogP contribution in [0.5, 0.6) is 0 Å². The van der Waals surface area contributed by atoms with Gasteiger partial charge in [0, 0.05) is 6.07 Å². The fraction of sp³-hybridized carbons (Fsp3) is 0.182. The third-order valence-electron chi connectivity index (χ3n) is 2.32. The van der Waals surface area contributed by atoms with Crippen LogP contribution >= 0.6 is 0 Å². The maximum absolute atomic E-state index is 11.0. The van der Waals surface area contributed by atoms with Crippen LogP contribution in [0.15, 0.2) is 29.3 Å². The largest absolute Gasteiger partial charge is 0.481 e. The summed E-state index contributed by atoms with van der Waals surface area (Å²) in [5.41, 5.74) is -1.25. The van der Waals surface area contributed by atoms with Crippen molar-refractivity contribution in [3.05, 3.63) is 34.4 Å². The van der Waals surface area contributed by atoms with Gasteiger partial charge in [-0.2, -0.15) is 0 Å². The highest BCUT2D eigenvalue weighted by Gasteiger charge is 2.26. The fourth-order valence-electron chi connectivity index (χ4n) is 1.29. The molecule has 1 rings (SSSR count). The third-order valence-corrected chi connectivity index (χ3v) is 2.32. The Morgan fingerprint density at radius 2 is 1.89 bits per heavy atom. The van der Waals surface area contributed by atoms with Crippen molar-refractivity contribution in [2.45, 2.75) is 6.92 Å². The van der Waals surface area contributed by atoms with Crippen molar-refractivity contribution in [1.82, 2.24) is 0 Å². The number of aliphatic carboxylic acids is 2. The van der Waals surface area contributed by atoms with E-state index in [-0.39, 0.29) is 11.4 Å². The molecule has 0 spiro atoms. The average molecular weight is 266 g/mol. The standard InChI is InChI=1S/C11H10N2O6/c1-6(10(14)15)9(11(16)17)12-7-4-2-3-5-8(7)13(18)19/h2-6H,1H3,(H,14,15)(H,16,17). The number of nitro groups is 1. The summed E-state index contributed by atoms with van der Waals surface area (Å²) in [6.07, 6.45) is 0. The second-order valence-corrected chi connectivity index (χ2v) is 3.61. The molecule has 0 bridgehead atoms. The lowest BCUT2D eigenvalue weighted by Crippen LogP contribution is -2.27. The number of hydrogen-bond acceptors (Lipinski definition) is 5. The second kappa shape index (κ2) is 5.71. The average Bonchev–Trinajstić information content (AvgIpc) is 2.34. The van der Waals surface area contributed by atoms with Gasteiger partial charge in [0.25, 0.3) is 5.69 Å². The monoisotopic (exact) mass is 266 g/mol. The van der Waals surface area contributed by atoms with E-state index in [1.165, 1.54) is 18.2 Å². The van der Waals surface area contributed by atoms with Crippen molar-refractivity contribution in [3.8, 4) is 0 Å². The van der Waals surface area contributed by atoms with Gasteiger partial charge in [-0.1, -0.05) is 12.1 Å². The zero-order chi connectivity index (χ0) is 14.6. The molecule has 0 aromatic heterocycles. The number of carboxylic acid groups (broad SMARTS) is 2. The smallest absolute Gasteiger partial charge is 0.351 e. The van der Waals surface area contributed by atoms with Crippen molar-refractivity contribution in [2.75, 3.05) is 0 Å². The van der Waals surface area contributed by atoms with Crippen molar-refractivity contribution in [1.29, 1.82) is 0 Å². The minimum Gasteiger partial charge on any atom is -0.481 e. The van der Waals surface area contributed by atoms with Crippen molar-refractivity contribution in [2.24, 2.45) is 10.9 Å². The molecule has 0 heterocycles. The molecule has 0 amide bonds. The molecule has 0 fully saturated rings. The van der Waals surface area contributed by atoms with E-state index in [9.17, 15) is 19.7 Å². The first-order chi connectivity index (χ1) is 8.84. The van der Waals surface area contributed by atoms with E-state index in [2.05, 4.69) is 4.99 Å². The molecule has 1 atom stereocenters. The summed E-state index contributed by atoms with van der Waals surface area (Å²) in [4.78, 5) is 35.4. The Morgan fingerprint density at radius 1 is 1.32 bits per heavy atom. The molecular formula is C11H10N2O6. The predicted octanol–water partition coefficient (Wildman–Crippen LogP) is 1.47. The van der Waals surface area contributed by atoms with Crippen LogP contribution in [0.1, 0.15) is 6.92 Å². The van der Waals surface area contributed by atoms with Crippen LogP contribution in [-0.4, -0.2) is 32.8 Å². The first-order valence-corrected chi connectivity index (χ1v) is 5.12. The number of carbonyl (C=O) groups is 2. The quantitative estimate of drug-likeness (QED) is 0.471. The van der Waals surface area contributed by atoms with E-state index < -0.39 is 28.5 Å². The summed E-state index contributed by atoms with van der Waals surface area (Å²) in [7, 11) is 0. The van der Waals surface area contributed by atoms with Crippen molar-refractivity contribution in [3.63, 3.8) is 0 Å². The minimum absolute atomic E-state index is 0.196. The molecule has 8 nitrogen and oxygen atoms in total. The summed E-state index contributed by atoms with van der Waals surface area (Å²) in [5, 5.41) is 28.4. The molecule has 0 saturated carbocycles. The van der Waals surface area contributed by atoms with Gasteiger partial charge in [-0.15, -0.1) is 0 Å². The van der Waals surface area contributed by atoms with Gasteiger partial charge in [-0.05, 0) is 13.0 Å². The first kappa shape index (κ1) is 14.3. The Labute approximate surface area is 107 Å². The molecule has 19 heavy (non-hydrogen) atoms. The number of nitro benzene ring substituents is 1. The maximum Gasteiger partial charge on any atom is 0.351 e. The summed E-state index contributed by atoms with van der Waals surface area (Å²) >= 11 is 0. The normalized spacial score (nSPS) is 12.8. The summed E-state index contributed by atoms with van der Waals surface area (Å²) in [6, 6.07) is 5.24. The molecule has 1 aromatic rings. The van der Waals surface area contributed by atoms with E-state index in [0.29, 0.717) is 0 Å². The molecule has 1 aromatic carbocycles. The van der Waals surface area contributed by atoms with E-state index >= 15 is 0 Å². The lowest BCUT2D eigenvalue weighted by atomic mass is 10.1. The van der Waals surface area contributed by atoms with Crippen LogP contribution < -0.4 is 0 Å². The second-order valence-electron chi connectivity index (χ2n) is 3.61. The van der Waals surface area contributed by atoms with Crippen LogP contribution in [0.2, 0.25) is 0 Å². The summed E-state index contributed by atoms with van der Waals surface area (Å²) < 4.78 is 0. The molecule has 1 unspecified atom stereocenters. The highest BCUT2D eigenvalue weighted by atomic mass is 16.6. The highest BCUT2D eigenvalue weighted by Crippen LogP contribution is 2.27. The van der Waals surface area contributed by atoms with Gasteiger partial charge in [-0.3, -0.25) is 14.9 Å². The number of hydrogen-bond donors (Lipinski definition) is 2. The molecule has 0 aliphatic carbocycles. The van der Waals surface area contributed by atoms with E-state index in [0.717, 1.165) is 13.0 Å². The SMILES string of the molecule is CC(C(=O)O)C(=Nc1ccccc1[N+](=O)[O-])C(=O)O.